The van der Waals surface area contributed by atoms with Gasteiger partial charge in [-0.15, -0.1) is 0 Å². The van der Waals surface area contributed by atoms with Crippen molar-refractivity contribution in [2.45, 2.75) is 84.5 Å². The summed E-state index contributed by atoms with van der Waals surface area (Å²) in [5, 5.41) is 11.7. The first-order chi connectivity index (χ1) is 18.5. The summed E-state index contributed by atoms with van der Waals surface area (Å²) in [6.45, 7) is 6.90. The topological polar surface area (TPSA) is 128 Å². The third kappa shape index (κ3) is 6.69. The average molecular weight is 539 g/mol. The first-order valence-electron chi connectivity index (χ1n) is 14.1. The van der Waals surface area contributed by atoms with Gasteiger partial charge < -0.3 is 20.5 Å². The van der Waals surface area contributed by atoms with Crippen LogP contribution in [0.3, 0.4) is 0 Å². The van der Waals surface area contributed by atoms with Gasteiger partial charge in [0.25, 0.3) is 5.56 Å². The normalized spacial score (nSPS) is 22.3. The predicted molar refractivity (Wildman–Crippen MR) is 149 cm³/mol. The van der Waals surface area contributed by atoms with Gasteiger partial charge in [-0.1, -0.05) is 77.1 Å². The van der Waals surface area contributed by atoms with E-state index in [1.807, 2.05) is 31.7 Å². The second-order valence-corrected chi connectivity index (χ2v) is 12.1. The number of piperidine rings is 1. The average Bonchev–Trinajstić information content (AvgIpc) is 2.90. The summed E-state index contributed by atoms with van der Waals surface area (Å²) >= 11 is 0. The van der Waals surface area contributed by atoms with Crippen molar-refractivity contribution < 1.29 is 19.4 Å². The molecule has 1 aromatic carbocycles. The molecule has 1 saturated carbocycles. The van der Waals surface area contributed by atoms with E-state index in [2.05, 4.69) is 4.98 Å². The van der Waals surface area contributed by atoms with Gasteiger partial charge in [0.05, 0.1) is 24.2 Å². The maximum absolute atomic E-state index is 13.3. The summed E-state index contributed by atoms with van der Waals surface area (Å²) in [5.74, 6) is 0.779. The first kappa shape index (κ1) is 28.8. The molecule has 1 saturated heterocycles. The number of carbonyl (C=O) groups excluding carboxylic acids is 2. The Labute approximate surface area is 230 Å². The van der Waals surface area contributed by atoms with Gasteiger partial charge >= 0.3 is 6.09 Å². The first-order valence-corrected chi connectivity index (χ1v) is 14.1. The molecule has 2 aliphatic rings. The largest absolute Gasteiger partial charge is 0.445 e. The number of nitrogens with two attached hydrogens (primary N) is 1. The lowest BCUT2D eigenvalue weighted by Gasteiger charge is -2.50. The number of aromatic nitrogens is 2. The number of hydrogen-bond acceptors (Lipinski definition) is 6. The van der Waals surface area contributed by atoms with E-state index in [-0.39, 0.29) is 30.5 Å². The zero-order valence-electron chi connectivity index (χ0n) is 23.4. The Kier molecular flexibility index (Phi) is 8.79. The maximum Gasteiger partial charge on any atom is 0.404 e. The van der Waals surface area contributed by atoms with Gasteiger partial charge in [0.15, 0.2) is 0 Å². The van der Waals surface area contributed by atoms with Crippen molar-refractivity contribution in [3.8, 4) is 11.3 Å². The molecule has 0 spiro atoms. The van der Waals surface area contributed by atoms with Gasteiger partial charge in [-0.25, -0.2) is 9.78 Å². The molecule has 0 bridgehead atoms. The third-order valence-corrected chi connectivity index (χ3v) is 8.76. The molecule has 1 aromatic heterocycles. The fourth-order valence-corrected chi connectivity index (χ4v) is 6.20. The van der Waals surface area contributed by atoms with Crippen molar-refractivity contribution in [3.05, 3.63) is 52.6 Å². The zero-order chi connectivity index (χ0) is 28.2. The standard InChI is InChI=1S/C30H42N4O5/c1-21(15-22-9-5-4-6-10-22)27(36)33-14-13-30(38,29(2,3)18-33)19-34-20-32-25(16-26(34)35)24-12-8-7-11-23(24)17-39-28(31)37/h7-8,11-12,16,20-22,38H,4-6,9-10,13-15,17-19H2,1-3H3,(H2,31,37)/t21-,30?/m1/s1. The van der Waals surface area contributed by atoms with Crippen LogP contribution in [0.1, 0.15) is 71.3 Å². The monoisotopic (exact) mass is 538 g/mol. The van der Waals surface area contributed by atoms with Gasteiger partial charge in [-0.05, 0) is 24.3 Å². The Bertz CT molecular complexity index is 1240. The molecule has 2 amide bonds. The molecule has 3 N–H and O–H groups in total. The van der Waals surface area contributed by atoms with Crippen LogP contribution in [0.25, 0.3) is 11.3 Å². The minimum absolute atomic E-state index is 0.0225. The molecular formula is C30H42N4O5. The Morgan fingerprint density at radius 2 is 1.92 bits per heavy atom. The molecule has 1 unspecified atom stereocenters. The second-order valence-electron chi connectivity index (χ2n) is 12.1. The molecule has 1 aliphatic heterocycles. The van der Waals surface area contributed by atoms with Crippen LogP contribution in [0.5, 0.6) is 0 Å². The summed E-state index contributed by atoms with van der Waals surface area (Å²) < 4.78 is 6.35. The number of amides is 2. The Morgan fingerprint density at radius 3 is 2.59 bits per heavy atom. The van der Waals surface area contributed by atoms with E-state index in [0.29, 0.717) is 42.2 Å². The molecule has 9 heteroatoms. The summed E-state index contributed by atoms with van der Waals surface area (Å²) in [6, 6.07) is 8.61. The van der Waals surface area contributed by atoms with E-state index in [1.54, 1.807) is 18.2 Å². The Morgan fingerprint density at radius 1 is 1.21 bits per heavy atom. The summed E-state index contributed by atoms with van der Waals surface area (Å²) in [4.78, 5) is 43.8. The molecule has 4 rings (SSSR count). The van der Waals surface area contributed by atoms with Crippen LogP contribution in [0.15, 0.2) is 41.5 Å². The number of rotatable bonds is 8. The van der Waals surface area contributed by atoms with Crippen molar-refractivity contribution >= 4 is 12.0 Å². The molecule has 2 aromatic rings. The van der Waals surface area contributed by atoms with E-state index >= 15 is 0 Å². The van der Waals surface area contributed by atoms with Crippen molar-refractivity contribution in [2.24, 2.45) is 23.0 Å². The molecule has 2 fully saturated rings. The number of ether oxygens (including phenoxy) is 1. The number of aliphatic hydroxyl groups is 1. The highest BCUT2D eigenvalue weighted by atomic mass is 16.5. The van der Waals surface area contributed by atoms with Crippen molar-refractivity contribution in [3.63, 3.8) is 0 Å². The molecule has 212 valence electrons. The van der Waals surface area contributed by atoms with Gasteiger partial charge in [-0.3, -0.25) is 14.2 Å². The highest BCUT2D eigenvalue weighted by Crippen LogP contribution is 2.40. The second kappa shape index (κ2) is 11.9. The van der Waals surface area contributed by atoms with Crippen LogP contribution >= 0.6 is 0 Å². The van der Waals surface area contributed by atoms with E-state index < -0.39 is 17.1 Å². The third-order valence-electron chi connectivity index (χ3n) is 8.76. The number of hydrogen-bond donors (Lipinski definition) is 2. The molecule has 9 nitrogen and oxygen atoms in total. The van der Waals surface area contributed by atoms with E-state index in [0.717, 1.165) is 6.42 Å². The Hall–Kier alpha value is -3.20. The van der Waals surface area contributed by atoms with Crippen LogP contribution in [0.4, 0.5) is 4.79 Å². The number of nitrogens with zero attached hydrogens (tertiary/aromatic N) is 3. The summed E-state index contributed by atoms with van der Waals surface area (Å²) in [6.07, 6.45) is 8.15. The molecule has 2 atom stereocenters. The van der Waals surface area contributed by atoms with Crippen LogP contribution in [0.2, 0.25) is 0 Å². The van der Waals surface area contributed by atoms with Crippen LogP contribution in [0, 0.1) is 17.3 Å². The fraction of sp³-hybridized carbons (Fsp3) is 0.600. The smallest absolute Gasteiger partial charge is 0.404 e. The van der Waals surface area contributed by atoms with Crippen LogP contribution in [-0.4, -0.2) is 50.2 Å². The van der Waals surface area contributed by atoms with E-state index in [9.17, 15) is 19.5 Å². The number of benzene rings is 1. The molecule has 2 heterocycles. The SMILES string of the molecule is C[C@H](CC1CCCCC1)C(=O)N1CCC(O)(Cn2cnc(-c3ccccc3COC(N)=O)cc2=O)C(C)(C)C1. The van der Waals surface area contributed by atoms with Gasteiger partial charge in [-0.2, -0.15) is 0 Å². The van der Waals surface area contributed by atoms with Gasteiger partial charge in [0.2, 0.25) is 5.91 Å². The zero-order valence-corrected chi connectivity index (χ0v) is 23.4. The minimum Gasteiger partial charge on any atom is -0.445 e. The number of likely N-dealkylation sites (tertiary alicyclic amines) is 1. The fourth-order valence-electron chi connectivity index (χ4n) is 6.20. The van der Waals surface area contributed by atoms with Gasteiger partial charge in [0.1, 0.15) is 6.61 Å². The number of primary amides is 1. The summed E-state index contributed by atoms with van der Waals surface area (Å²) in [5.41, 5.74) is 4.78. The maximum atomic E-state index is 13.3. The van der Waals surface area contributed by atoms with Gasteiger partial charge in [0, 0.05) is 36.1 Å². The Balaban J connectivity index is 1.44. The quantitative estimate of drug-likeness (QED) is 0.521. The molecule has 39 heavy (non-hydrogen) atoms. The lowest BCUT2D eigenvalue weighted by atomic mass is 9.69. The highest BCUT2D eigenvalue weighted by Gasteiger charge is 2.49. The minimum atomic E-state index is -1.18. The van der Waals surface area contributed by atoms with Crippen molar-refractivity contribution in [2.75, 3.05) is 13.1 Å². The lowest BCUT2D eigenvalue weighted by molar-refractivity contribution is -0.157. The van der Waals surface area contributed by atoms with Crippen molar-refractivity contribution in [1.29, 1.82) is 0 Å². The summed E-state index contributed by atoms with van der Waals surface area (Å²) in [7, 11) is 0. The van der Waals surface area contributed by atoms with E-state index in [4.69, 9.17) is 10.5 Å². The van der Waals surface area contributed by atoms with Crippen LogP contribution in [-0.2, 0) is 22.7 Å². The molecule has 0 radical (unpaired) electrons. The number of carbonyl (C=O) groups is 2. The van der Waals surface area contributed by atoms with E-state index in [1.165, 1.54) is 49.1 Å². The lowest BCUT2D eigenvalue weighted by Crippen LogP contribution is -2.61. The van der Waals surface area contributed by atoms with Crippen molar-refractivity contribution in [1.82, 2.24) is 14.5 Å². The molecular weight excluding hydrogens is 496 g/mol. The highest BCUT2D eigenvalue weighted by molar-refractivity contribution is 5.78. The molecule has 1 aliphatic carbocycles. The predicted octanol–water partition coefficient (Wildman–Crippen LogP) is 4.10. The van der Waals surface area contributed by atoms with Crippen LogP contribution < -0.4 is 11.3 Å².